The minimum atomic E-state index is -0.272. The van der Waals surface area contributed by atoms with Crippen molar-refractivity contribution < 1.29 is 14.6 Å². The molecule has 0 aromatic rings. The second kappa shape index (κ2) is 3.54. The number of amides is 1. The summed E-state index contributed by atoms with van der Waals surface area (Å²) < 4.78 is 4.93. The number of aliphatic hydroxyl groups is 1. The molecule has 1 saturated heterocycles. The molecule has 76 valence electrons. The molecule has 4 nitrogen and oxygen atoms in total. The Morgan fingerprint density at radius 2 is 2.23 bits per heavy atom. The molecule has 1 unspecified atom stereocenters. The maximum absolute atomic E-state index is 11.3. The fourth-order valence-corrected chi connectivity index (χ4v) is 1.64. The summed E-state index contributed by atoms with van der Waals surface area (Å²) in [6.07, 6.45) is 0.314. The van der Waals surface area contributed by atoms with E-state index in [2.05, 4.69) is 0 Å². The van der Waals surface area contributed by atoms with Gasteiger partial charge in [0, 0.05) is 12.1 Å². The van der Waals surface area contributed by atoms with Crippen LogP contribution in [0.3, 0.4) is 0 Å². The van der Waals surface area contributed by atoms with Crippen molar-refractivity contribution in [3.63, 3.8) is 0 Å². The third-order valence-electron chi connectivity index (χ3n) is 2.15. The van der Waals surface area contributed by atoms with E-state index in [1.165, 1.54) is 0 Å². The lowest BCUT2D eigenvalue weighted by Gasteiger charge is -2.34. The Hall–Kier alpha value is -0.770. The standard InChI is InChI=1S/C9H17NO3/c1-9(2,3)10-7(4-5-11)6-13-8(10)12/h7,11H,4-6H2,1-3H3. The van der Waals surface area contributed by atoms with Crippen LogP contribution in [-0.4, -0.2) is 40.9 Å². The summed E-state index contributed by atoms with van der Waals surface area (Å²) in [5, 5.41) is 8.80. The number of carbonyl (C=O) groups excluding carboxylic acids is 1. The minimum Gasteiger partial charge on any atom is -0.447 e. The van der Waals surface area contributed by atoms with Gasteiger partial charge in [0.25, 0.3) is 0 Å². The van der Waals surface area contributed by atoms with Crippen LogP contribution in [0.5, 0.6) is 0 Å². The number of hydrogen-bond acceptors (Lipinski definition) is 3. The summed E-state index contributed by atoms with van der Waals surface area (Å²) in [7, 11) is 0. The van der Waals surface area contributed by atoms with Crippen LogP contribution >= 0.6 is 0 Å². The summed E-state index contributed by atoms with van der Waals surface area (Å²) >= 11 is 0. The van der Waals surface area contributed by atoms with Crippen LogP contribution in [0, 0.1) is 0 Å². The van der Waals surface area contributed by atoms with Crippen molar-refractivity contribution in [2.75, 3.05) is 13.2 Å². The SMILES string of the molecule is CC(C)(C)N1C(=O)OCC1CCO. The Kier molecular flexibility index (Phi) is 2.81. The Bertz CT molecular complexity index is 198. The largest absolute Gasteiger partial charge is 0.447 e. The number of carbonyl (C=O) groups is 1. The summed E-state index contributed by atoms with van der Waals surface area (Å²) in [5.41, 5.74) is -0.229. The molecular weight excluding hydrogens is 170 g/mol. The lowest BCUT2D eigenvalue weighted by atomic mass is 10.0. The molecule has 0 aromatic carbocycles. The van der Waals surface area contributed by atoms with E-state index < -0.39 is 0 Å². The number of aliphatic hydroxyl groups excluding tert-OH is 1. The van der Waals surface area contributed by atoms with Crippen molar-refractivity contribution in [1.29, 1.82) is 0 Å². The van der Waals surface area contributed by atoms with E-state index >= 15 is 0 Å². The molecule has 13 heavy (non-hydrogen) atoms. The molecule has 4 heteroatoms. The average molecular weight is 187 g/mol. The number of nitrogens with zero attached hydrogens (tertiary/aromatic N) is 1. The predicted molar refractivity (Wildman–Crippen MR) is 48.4 cm³/mol. The number of rotatable bonds is 2. The molecule has 1 fully saturated rings. The second-order valence-corrected chi connectivity index (χ2v) is 4.28. The Labute approximate surface area is 78.5 Å². The van der Waals surface area contributed by atoms with Crippen molar-refractivity contribution in [2.45, 2.75) is 38.8 Å². The van der Waals surface area contributed by atoms with Crippen molar-refractivity contribution in [3.05, 3.63) is 0 Å². The van der Waals surface area contributed by atoms with Crippen molar-refractivity contribution in [3.8, 4) is 0 Å². The molecular formula is C9H17NO3. The highest BCUT2D eigenvalue weighted by Crippen LogP contribution is 2.25. The van der Waals surface area contributed by atoms with Gasteiger partial charge in [-0.2, -0.15) is 0 Å². The maximum Gasteiger partial charge on any atom is 0.410 e. The van der Waals surface area contributed by atoms with Crippen LogP contribution in [0.4, 0.5) is 4.79 Å². The van der Waals surface area contributed by atoms with Gasteiger partial charge >= 0.3 is 6.09 Å². The highest BCUT2D eigenvalue weighted by atomic mass is 16.6. The van der Waals surface area contributed by atoms with Gasteiger partial charge in [0.05, 0.1) is 6.04 Å². The molecule has 1 heterocycles. The third kappa shape index (κ3) is 2.12. The quantitative estimate of drug-likeness (QED) is 0.701. The molecule has 0 aliphatic carbocycles. The van der Waals surface area contributed by atoms with E-state index in [4.69, 9.17) is 9.84 Å². The van der Waals surface area contributed by atoms with Crippen LogP contribution in [0.15, 0.2) is 0 Å². The van der Waals surface area contributed by atoms with E-state index in [1.807, 2.05) is 20.8 Å². The van der Waals surface area contributed by atoms with Crippen molar-refractivity contribution in [1.82, 2.24) is 4.90 Å². The van der Waals surface area contributed by atoms with Gasteiger partial charge in [0.15, 0.2) is 0 Å². The highest BCUT2D eigenvalue weighted by molar-refractivity contribution is 5.71. The topological polar surface area (TPSA) is 49.8 Å². The fraction of sp³-hybridized carbons (Fsp3) is 0.889. The van der Waals surface area contributed by atoms with Gasteiger partial charge in [0.1, 0.15) is 6.61 Å². The van der Waals surface area contributed by atoms with E-state index in [0.29, 0.717) is 13.0 Å². The Morgan fingerprint density at radius 3 is 2.69 bits per heavy atom. The first-order valence-corrected chi connectivity index (χ1v) is 4.54. The van der Waals surface area contributed by atoms with E-state index in [1.54, 1.807) is 4.90 Å². The molecule has 0 spiro atoms. The zero-order valence-electron chi connectivity index (χ0n) is 8.41. The molecule has 1 atom stereocenters. The van der Waals surface area contributed by atoms with E-state index in [9.17, 15) is 4.79 Å². The summed E-state index contributed by atoms with van der Waals surface area (Å²) in [5.74, 6) is 0. The van der Waals surface area contributed by atoms with E-state index in [-0.39, 0.29) is 24.3 Å². The van der Waals surface area contributed by atoms with Crippen LogP contribution in [-0.2, 0) is 4.74 Å². The molecule has 0 saturated carbocycles. The summed E-state index contributed by atoms with van der Waals surface area (Å²) in [6.45, 7) is 6.38. The minimum absolute atomic E-state index is 0.0255. The lowest BCUT2D eigenvalue weighted by Crippen LogP contribution is -2.47. The molecule has 1 rings (SSSR count). The average Bonchev–Trinajstić information content (AvgIpc) is 2.31. The van der Waals surface area contributed by atoms with Gasteiger partial charge in [-0.1, -0.05) is 0 Å². The van der Waals surface area contributed by atoms with E-state index in [0.717, 1.165) is 0 Å². The molecule has 0 bridgehead atoms. The number of ether oxygens (including phenoxy) is 1. The first-order chi connectivity index (χ1) is 5.96. The molecule has 1 amide bonds. The van der Waals surface area contributed by atoms with Crippen LogP contribution < -0.4 is 0 Å². The molecule has 0 aromatic heterocycles. The Morgan fingerprint density at radius 1 is 1.62 bits per heavy atom. The smallest absolute Gasteiger partial charge is 0.410 e. The normalized spacial score (nSPS) is 23.5. The maximum atomic E-state index is 11.3. The van der Waals surface area contributed by atoms with Crippen LogP contribution in [0.25, 0.3) is 0 Å². The monoisotopic (exact) mass is 187 g/mol. The zero-order chi connectivity index (χ0) is 10.1. The summed E-state index contributed by atoms with van der Waals surface area (Å²) in [6, 6.07) is 0.0255. The fourth-order valence-electron chi connectivity index (χ4n) is 1.64. The molecule has 1 N–H and O–H groups in total. The highest BCUT2D eigenvalue weighted by Gasteiger charge is 2.39. The third-order valence-corrected chi connectivity index (χ3v) is 2.15. The molecule has 1 aliphatic rings. The van der Waals surface area contributed by atoms with Crippen molar-refractivity contribution in [2.24, 2.45) is 0 Å². The first-order valence-electron chi connectivity index (χ1n) is 4.54. The van der Waals surface area contributed by atoms with Gasteiger partial charge in [-0.15, -0.1) is 0 Å². The lowest BCUT2D eigenvalue weighted by molar-refractivity contribution is 0.115. The second-order valence-electron chi connectivity index (χ2n) is 4.28. The molecule has 0 radical (unpaired) electrons. The Balaban J connectivity index is 2.71. The van der Waals surface area contributed by atoms with Gasteiger partial charge < -0.3 is 9.84 Å². The number of hydrogen-bond donors (Lipinski definition) is 1. The zero-order valence-corrected chi connectivity index (χ0v) is 8.41. The first kappa shape index (κ1) is 10.3. The van der Waals surface area contributed by atoms with Gasteiger partial charge in [-0.3, -0.25) is 4.90 Å². The summed E-state index contributed by atoms with van der Waals surface area (Å²) in [4.78, 5) is 13.0. The van der Waals surface area contributed by atoms with Gasteiger partial charge in [-0.25, -0.2) is 4.79 Å². The predicted octanol–water partition coefficient (Wildman–Crippen LogP) is 0.988. The van der Waals surface area contributed by atoms with Gasteiger partial charge in [0.2, 0.25) is 0 Å². The molecule has 1 aliphatic heterocycles. The number of cyclic esters (lactones) is 1. The van der Waals surface area contributed by atoms with Crippen molar-refractivity contribution >= 4 is 6.09 Å². The van der Waals surface area contributed by atoms with Gasteiger partial charge in [-0.05, 0) is 27.2 Å². The van der Waals surface area contributed by atoms with Crippen LogP contribution in [0.2, 0.25) is 0 Å². The van der Waals surface area contributed by atoms with Crippen LogP contribution in [0.1, 0.15) is 27.2 Å².